The van der Waals surface area contributed by atoms with Gasteiger partial charge in [-0.25, -0.2) is 13.2 Å². The number of ether oxygens (including phenoxy) is 1. The highest BCUT2D eigenvalue weighted by atomic mass is 35.5. The van der Waals surface area contributed by atoms with Crippen LogP contribution in [0.3, 0.4) is 0 Å². The predicted octanol–water partition coefficient (Wildman–Crippen LogP) is 3.97. The number of sulfonamides is 1. The van der Waals surface area contributed by atoms with E-state index in [2.05, 4.69) is 5.32 Å². The number of halogens is 2. The molecule has 0 radical (unpaired) electrons. The third-order valence-electron chi connectivity index (χ3n) is 4.52. The minimum atomic E-state index is -3.59. The van der Waals surface area contributed by atoms with Gasteiger partial charge in [0.25, 0.3) is 5.91 Å². The lowest BCUT2D eigenvalue weighted by Gasteiger charge is -2.16. The number of rotatable bonds is 7. The fourth-order valence-electron chi connectivity index (χ4n) is 2.97. The maximum Gasteiger partial charge on any atom is 0.331 e. The minimum absolute atomic E-state index is 0.105. The lowest BCUT2D eigenvalue weighted by atomic mass is 10.2. The highest BCUT2D eigenvalue weighted by Crippen LogP contribution is 2.24. The van der Waals surface area contributed by atoms with Crippen molar-refractivity contribution in [1.29, 1.82) is 0 Å². The molecular formula is C21H20Cl2N2O5S. The predicted molar refractivity (Wildman–Crippen MR) is 120 cm³/mol. The number of amides is 1. The summed E-state index contributed by atoms with van der Waals surface area (Å²) < 4.78 is 31.6. The summed E-state index contributed by atoms with van der Waals surface area (Å²) in [4.78, 5) is 24.0. The molecule has 1 amide bonds. The molecule has 0 aliphatic carbocycles. The van der Waals surface area contributed by atoms with E-state index in [4.69, 9.17) is 27.9 Å². The second-order valence-electron chi connectivity index (χ2n) is 6.80. The Morgan fingerprint density at radius 3 is 2.52 bits per heavy atom. The molecule has 31 heavy (non-hydrogen) atoms. The van der Waals surface area contributed by atoms with Crippen LogP contribution in [0.25, 0.3) is 6.08 Å². The molecule has 164 valence electrons. The van der Waals surface area contributed by atoms with E-state index in [1.807, 2.05) is 0 Å². The van der Waals surface area contributed by atoms with E-state index >= 15 is 0 Å². The summed E-state index contributed by atoms with van der Waals surface area (Å²) in [5.74, 6) is -1.31. The highest BCUT2D eigenvalue weighted by Gasteiger charge is 2.27. The lowest BCUT2D eigenvalue weighted by Crippen LogP contribution is -2.28. The summed E-state index contributed by atoms with van der Waals surface area (Å²) in [6.45, 7) is 0.461. The van der Waals surface area contributed by atoms with E-state index in [1.54, 1.807) is 30.3 Å². The van der Waals surface area contributed by atoms with Crippen LogP contribution in [0.1, 0.15) is 18.4 Å². The average molecular weight is 483 g/mol. The van der Waals surface area contributed by atoms with Crippen LogP contribution in [0.5, 0.6) is 0 Å². The lowest BCUT2D eigenvalue weighted by molar-refractivity contribution is -0.142. The molecule has 1 saturated heterocycles. The molecule has 1 heterocycles. The van der Waals surface area contributed by atoms with Gasteiger partial charge in [0.1, 0.15) is 0 Å². The molecule has 2 aromatic rings. The third-order valence-corrected chi connectivity index (χ3v) is 7.16. The summed E-state index contributed by atoms with van der Waals surface area (Å²) in [5.41, 5.74) is 0.944. The molecule has 1 aliphatic rings. The van der Waals surface area contributed by atoms with Gasteiger partial charge in [-0.3, -0.25) is 4.79 Å². The molecule has 1 N–H and O–H groups in total. The number of nitrogens with one attached hydrogen (secondary N) is 1. The second-order valence-corrected chi connectivity index (χ2v) is 9.55. The normalized spacial score (nSPS) is 14.6. The van der Waals surface area contributed by atoms with E-state index in [-0.39, 0.29) is 4.90 Å². The molecule has 2 aromatic carbocycles. The van der Waals surface area contributed by atoms with Gasteiger partial charge in [0.2, 0.25) is 10.0 Å². The van der Waals surface area contributed by atoms with Crippen LogP contribution in [0, 0.1) is 0 Å². The molecule has 0 aromatic heterocycles. The SMILES string of the molecule is O=C(COC(=O)/C=C/c1ccc(Cl)c(Cl)c1)Nc1cccc(S(=O)(=O)N2CCCC2)c1. The number of anilines is 1. The monoisotopic (exact) mass is 482 g/mol. The molecule has 7 nitrogen and oxygen atoms in total. The Morgan fingerprint density at radius 1 is 1.06 bits per heavy atom. The molecular weight excluding hydrogens is 463 g/mol. The van der Waals surface area contributed by atoms with Gasteiger partial charge in [-0.15, -0.1) is 0 Å². The number of benzene rings is 2. The average Bonchev–Trinajstić information content (AvgIpc) is 3.29. The maximum atomic E-state index is 12.6. The quantitative estimate of drug-likeness (QED) is 0.475. The van der Waals surface area contributed by atoms with Crippen LogP contribution in [-0.2, 0) is 24.3 Å². The second kappa shape index (κ2) is 10.3. The Hall–Kier alpha value is -2.39. The van der Waals surface area contributed by atoms with E-state index in [1.165, 1.54) is 22.5 Å². The fourth-order valence-corrected chi connectivity index (χ4v) is 4.84. The molecule has 0 unspecified atom stereocenters. The molecule has 0 spiro atoms. The zero-order valence-electron chi connectivity index (χ0n) is 16.4. The van der Waals surface area contributed by atoms with Crippen molar-refractivity contribution in [2.24, 2.45) is 0 Å². The molecule has 0 atom stereocenters. The molecule has 0 bridgehead atoms. The first-order valence-corrected chi connectivity index (χ1v) is 11.7. The topological polar surface area (TPSA) is 92.8 Å². The summed E-state index contributed by atoms with van der Waals surface area (Å²) >= 11 is 11.7. The van der Waals surface area contributed by atoms with Gasteiger partial charge < -0.3 is 10.1 Å². The van der Waals surface area contributed by atoms with Gasteiger partial charge in [-0.2, -0.15) is 4.31 Å². The summed E-state index contributed by atoms with van der Waals surface area (Å²) in [6.07, 6.45) is 4.31. The first-order chi connectivity index (χ1) is 14.8. The van der Waals surface area contributed by atoms with Crippen LogP contribution in [0.4, 0.5) is 5.69 Å². The van der Waals surface area contributed by atoms with Crippen molar-refractivity contribution in [2.75, 3.05) is 25.0 Å². The number of carbonyl (C=O) groups is 2. The van der Waals surface area contributed by atoms with Gasteiger partial charge in [0.15, 0.2) is 6.61 Å². The van der Waals surface area contributed by atoms with Crippen molar-refractivity contribution in [3.8, 4) is 0 Å². The smallest absolute Gasteiger partial charge is 0.331 e. The van der Waals surface area contributed by atoms with E-state index < -0.39 is 28.5 Å². The van der Waals surface area contributed by atoms with Crippen molar-refractivity contribution >= 4 is 56.9 Å². The van der Waals surface area contributed by atoms with Gasteiger partial charge in [0, 0.05) is 24.9 Å². The Balaban J connectivity index is 1.54. The molecule has 3 rings (SSSR count). The van der Waals surface area contributed by atoms with E-state index in [9.17, 15) is 18.0 Å². The number of esters is 1. The summed E-state index contributed by atoms with van der Waals surface area (Å²) in [7, 11) is -3.59. The standard InChI is InChI=1S/C21H20Cl2N2O5S/c22-18-8-6-15(12-19(18)23)7-9-21(27)30-14-20(26)24-16-4-3-5-17(13-16)31(28,29)25-10-1-2-11-25/h3-9,12-13H,1-2,10-11,14H2,(H,24,26)/b9-7+. The number of nitrogens with zero attached hydrogens (tertiary/aromatic N) is 1. The van der Waals surface area contributed by atoms with Crippen molar-refractivity contribution < 1.29 is 22.7 Å². The Morgan fingerprint density at radius 2 is 1.81 bits per heavy atom. The first-order valence-electron chi connectivity index (χ1n) is 9.46. The van der Waals surface area contributed by atoms with E-state index in [0.717, 1.165) is 18.9 Å². The van der Waals surface area contributed by atoms with Gasteiger partial charge in [-0.1, -0.05) is 35.3 Å². The fraction of sp³-hybridized carbons (Fsp3) is 0.238. The van der Waals surface area contributed by atoms with Gasteiger partial charge in [0.05, 0.1) is 14.9 Å². The van der Waals surface area contributed by atoms with Gasteiger partial charge >= 0.3 is 5.97 Å². The third kappa shape index (κ3) is 6.30. The number of hydrogen-bond donors (Lipinski definition) is 1. The van der Waals surface area contributed by atoms with Gasteiger partial charge in [-0.05, 0) is 54.8 Å². The zero-order chi connectivity index (χ0) is 22.4. The molecule has 1 fully saturated rings. The summed E-state index contributed by atoms with van der Waals surface area (Å²) in [6, 6.07) is 10.8. The van der Waals surface area contributed by atoms with Crippen LogP contribution in [-0.4, -0.2) is 44.3 Å². The van der Waals surface area contributed by atoms with Crippen molar-refractivity contribution in [3.63, 3.8) is 0 Å². The number of carbonyl (C=O) groups excluding carboxylic acids is 2. The Bertz CT molecular complexity index is 1110. The van der Waals surface area contributed by atoms with E-state index in [0.29, 0.717) is 34.4 Å². The van der Waals surface area contributed by atoms with Crippen molar-refractivity contribution in [2.45, 2.75) is 17.7 Å². The largest absolute Gasteiger partial charge is 0.452 e. The van der Waals surface area contributed by atoms with Crippen LogP contribution >= 0.6 is 23.2 Å². The zero-order valence-corrected chi connectivity index (χ0v) is 18.7. The van der Waals surface area contributed by atoms with Crippen LogP contribution in [0.15, 0.2) is 53.4 Å². The maximum absolute atomic E-state index is 12.6. The van der Waals surface area contributed by atoms with Crippen molar-refractivity contribution in [3.05, 3.63) is 64.1 Å². The number of hydrogen-bond acceptors (Lipinski definition) is 5. The molecule has 10 heteroatoms. The molecule has 0 saturated carbocycles. The first kappa shape index (κ1) is 23.3. The Labute approximate surface area is 190 Å². The van der Waals surface area contributed by atoms with Crippen molar-refractivity contribution in [1.82, 2.24) is 4.31 Å². The highest BCUT2D eigenvalue weighted by molar-refractivity contribution is 7.89. The van der Waals surface area contributed by atoms with Crippen LogP contribution < -0.4 is 5.32 Å². The van der Waals surface area contributed by atoms with Crippen LogP contribution in [0.2, 0.25) is 10.0 Å². The molecule has 1 aliphatic heterocycles. The Kier molecular flexibility index (Phi) is 7.72. The summed E-state index contributed by atoms with van der Waals surface area (Å²) in [5, 5.41) is 3.28. The minimum Gasteiger partial charge on any atom is -0.452 e.